The Hall–Kier alpha value is -3.64. The number of hydrogen-bond acceptors (Lipinski definition) is 4. The number of aryl methyl sites for hydroxylation is 1. The van der Waals surface area contributed by atoms with Gasteiger partial charge in [-0.25, -0.2) is 4.98 Å². The molecule has 0 spiro atoms. The van der Waals surface area contributed by atoms with Gasteiger partial charge in [0.25, 0.3) is 11.3 Å². The molecule has 0 fully saturated rings. The summed E-state index contributed by atoms with van der Waals surface area (Å²) in [5.41, 5.74) is 5.93. The highest BCUT2D eigenvalue weighted by atomic mass is 32.1. The number of hydrogen-bond donors (Lipinski definition) is 2. The standard InChI is InChI=1S/C26H22N4OS/c1-17-10-12-19(13-11-17)20-8-5-9-21(15-20)25(32)22-16-24(31)30-26(27-22)28-23(29-30)14-18-6-3-2-4-7-18/h2-13,15-16,25,32H,14H2,1H3,(H,27,28,29). The Morgan fingerprint density at radius 2 is 1.69 bits per heavy atom. The quantitative estimate of drug-likeness (QED) is 0.380. The fourth-order valence-corrected chi connectivity index (χ4v) is 4.05. The van der Waals surface area contributed by atoms with Gasteiger partial charge < -0.3 is 0 Å². The summed E-state index contributed by atoms with van der Waals surface area (Å²) in [5, 5.41) is 2.72. The van der Waals surface area contributed by atoms with E-state index in [9.17, 15) is 4.79 Å². The summed E-state index contributed by atoms with van der Waals surface area (Å²) in [4.78, 5) is 21.9. The molecule has 0 saturated carbocycles. The molecule has 0 radical (unpaired) electrons. The lowest BCUT2D eigenvalue weighted by molar-refractivity contribution is 0.851. The summed E-state index contributed by atoms with van der Waals surface area (Å²) in [7, 11) is 0. The second-order valence-electron chi connectivity index (χ2n) is 7.88. The minimum Gasteiger partial charge on any atom is -0.275 e. The molecule has 5 aromatic rings. The third kappa shape index (κ3) is 4.09. The zero-order chi connectivity index (χ0) is 22.1. The Labute approximate surface area is 191 Å². The van der Waals surface area contributed by atoms with Crippen molar-refractivity contribution in [1.29, 1.82) is 0 Å². The molecule has 5 nitrogen and oxygen atoms in total. The van der Waals surface area contributed by atoms with Gasteiger partial charge in [0, 0.05) is 12.5 Å². The van der Waals surface area contributed by atoms with Gasteiger partial charge in [0.1, 0.15) is 5.82 Å². The van der Waals surface area contributed by atoms with E-state index in [0.29, 0.717) is 23.7 Å². The Kier molecular flexibility index (Phi) is 5.37. The first-order valence-electron chi connectivity index (χ1n) is 10.4. The third-order valence-corrected chi connectivity index (χ3v) is 6.04. The van der Waals surface area contributed by atoms with Crippen molar-refractivity contribution < 1.29 is 0 Å². The van der Waals surface area contributed by atoms with E-state index >= 15 is 0 Å². The number of rotatable bonds is 5. The highest BCUT2D eigenvalue weighted by Gasteiger charge is 2.16. The molecule has 0 bridgehead atoms. The van der Waals surface area contributed by atoms with Gasteiger partial charge in [-0.05, 0) is 35.2 Å². The van der Waals surface area contributed by atoms with Crippen LogP contribution < -0.4 is 5.56 Å². The number of aromatic amines is 1. The molecular formula is C26H22N4OS. The highest BCUT2D eigenvalue weighted by Crippen LogP contribution is 2.30. The summed E-state index contributed by atoms with van der Waals surface area (Å²) in [6.45, 7) is 2.07. The van der Waals surface area contributed by atoms with Gasteiger partial charge in [-0.1, -0.05) is 78.4 Å². The van der Waals surface area contributed by atoms with Gasteiger partial charge in [0.2, 0.25) is 0 Å². The molecule has 0 aliphatic carbocycles. The van der Waals surface area contributed by atoms with Crippen LogP contribution in [0.1, 0.15) is 33.5 Å². The molecule has 3 aromatic carbocycles. The molecule has 0 amide bonds. The van der Waals surface area contributed by atoms with Crippen LogP contribution in [0, 0.1) is 6.92 Å². The third-order valence-electron chi connectivity index (χ3n) is 5.48. The van der Waals surface area contributed by atoms with Gasteiger partial charge >= 0.3 is 0 Å². The van der Waals surface area contributed by atoms with Gasteiger partial charge in [0.15, 0.2) is 0 Å². The molecule has 1 N–H and O–H groups in total. The van der Waals surface area contributed by atoms with Crippen LogP contribution in [-0.4, -0.2) is 19.6 Å². The second kappa shape index (κ2) is 8.48. The van der Waals surface area contributed by atoms with Crippen LogP contribution in [0.5, 0.6) is 0 Å². The summed E-state index contributed by atoms with van der Waals surface area (Å²) in [6, 6.07) is 28.1. The molecule has 0 saturated heterocycles. The summed E-state index contributed by atoms with van der Waals surface area (Å²) >= 11 is 4.80. The van der Waals surface area contributed by atoms with Crippen LogP contribution in [0.25, 0.3) is 16.9 Å². The number of thiol groups is 1. The molecular weight excluding hydrogens is 416 g/mol. The van der Waals surface area contributed by atoms with Crippen LogP contribution in [0.15, 0.2) is 89.7 Å². The molecule has 32 heavy (non-hydrogen) atoms. The molecule has 1 atom stereocenters. The van der Waals surface area contributed by atoms with Crippen LogP contribution in [0.4, 0.5) is 0 Å². The maximum absolute atomic E-state index is 12.7. The first-order chi connectivity index (χ1) is 15.6. The maximum atomic E-state index is 12.7. The van der Waals surface area contributed by atoms with Crippen molar-refractivity contribution in [2.75, 3.05) is 0 Å². The number of fused-ring (bicyclic) bond motifs is 1. The Bertz CT molecular complexity index is 1440. The van der Waals surface area contributed by atoms with E-state index in [4.69, 9.17) is 12.6 Å². The van der Waals surface area contributed by atoms with E-state index in [1.807, 2.05) is 42.5 Å². The summed E-state index contributed by atoms with van der Waals surface area (Å²) < 4.78 is 1.38. The molecule has 1 unspecified atom stereocenters. The van der Waals surface area contributed by atoms with Crippen LogP contribution in [-0.2, 0) is 6.42 Å². The Balaban J connectivity index is 1.47. The smallest absolute Gasteiger partial charge is 0.274 e. The predicted molar refractivity (Wildman–Crippen MR) is 130 cm³/mol. The van der Waals surface area contributed by atoms with Gasteiger partial charge in [0.05, 0.1) is 10.9 Å². The van der Waals surface area contributed by atoms with Crippen molar-refractivity contribution in [3.8, 4) is 11.1 Å². The normalized spacial score (nSPS) is 12.2. The van der Waals surface area contributed by atoms with Crippen molar-refractivity contribution in [2.45, 2.75) is 18.6 Å². The molecule has 5 rings (SSSR count). The highest BCUT2D eigenvalue weighted by molar-refractivity contribution is 7.80. The zero-order valence-corrected chi connectivity index (χ0v) is 18.5. The van der Waals surface area contributed by atoms with Crippen molar-refractivity contribution in [3.63, 3.8) is 0 Å². The number of nitrogens with one attached hydrogen (secondary N) is 1. The number of H-pyrrole nitrogens is 1. The van der Waals surface area contributed by atoms with Gasteiger partial charge in [-0.2, -0.15) is 22.1 Å². The van der Waals surface area contributed by atoms with E-state index in [1.54, 1.807) is 0 Å². The minimum absolute atomic E-state index is 0.203. The van der Waals surface area contributed by atoms with E-state index in [1.165, 1.54) is 16.1 Å². The van der Waals surface area contributed by atoms with Crippen molar-refractivity contribution in [2.24, 2.45) is 0 Å². The Morgan fingerprint density at radius 1 is 0.906 bits per heavy atom. The van der Waals surface area contributed by atoms with E-state index in [-0.39, 0.29) is 10.8 Å². The monoisotopic (exact) mass is 438 g/mol. The van der Waals surface area contributed by atoms with Crippen molar-refractivity contribution in [1.82, 2.24) is 19.6 Å². The van der Waals surface area contributed by atoms with E-state index in [0.717, 1.165) is 22.3 Å². The largest absolute Gasteiger partial charge is 0.275 e. The zero-order valence-electron chi connectivity index (χ0n) is 17.6. The van der Waals surface area contributed by atoms with Crippen LogP contribution >= 0.6 is 12.6 Å². The summed E-state index contributed by atoms with van der Waals surface area (Å²) in [6.07, 6.45) is 0.599. The second-order valence-corrected chi connectivity index (χ2v) is 8.40. The number of benzene rings is 3. The van der Waals surface area contributed by atoms with Crippen LogP contribution in [0.3, 0.4) is 0 Å². The first-order valence-corrected chi connectivity index (χ1v) is 11.0. The lowest BCUT2D eigenvalue weighted by Gasteiger charge is -2.12. The average molecular weight is 439 g/mol. The van der Waals surface area contributed by atoms with E-state index < -0.39 is 0 Å². The van der Waals surface area contributed by atoms with Gasteiger partial charge in [-0.15, -0.1) is 0 Å². The Morgan fingerprint density at radius 3 is 2.47 bits per heavy atom. The lowest BCUT2D eigenvalue weighted by atomic mass is 10.00. The molecule has 158 valence electrons. The van der Waals surface area contributed by atoms with E-state index in [2.05, 4.69) is 58.4 Å². The summed E-state index contributed by atoms with van der Waals surface area (Å²) in [5.74, 6) is 1.04. The first kappa shape index (κ1) is 20.3. The molecule has 2 aromatic heterocycles. The van der Waals surface area contributed by atoms with Gasteiger partial charge in [-0.3, -0.25) is 9.89 Å². The van der Waals surface area contributed by atoms with Crippen molar-refractivity contribution >= 4 is 18.4 Å². The van der Waals surface area contributed by atoms with Crippen molar-refractivity contribution in [3.05, 3.63) is 123 Å². The number of nitrogens with zero attached hydrogens (tertiary/aromatic N) is 3. The predicted octanol–water partition coefficient (Wildman–Crippen LogP) is 5.00. The molecule has 2 heterocycles. The topological polar surface area (TPSA) is 63.0 Å². The fourth-order valence-electron chi connectivity index (χ4n) is 3.76. The number of aromatic nitrogens is 4. The lowest BCUT2D eigenvalue weighted by Crippen LogP contribution is -2.16. The average Bonchev–Trinajstić information content (AvgIpc) is 3.23. The molecule has 0 aliphatic heterocycles. The maximum Gasteiger partial charge on any atom is 0.274 e. The molecule has 6 heteroatoms. The fraction of sp³-hybridized carbons (Fsp3) is 0.115. The minimum atomic E-state index is -0.340. The SMILES string of the molecule is Cc1ccc(-c2cccc(C(S)c3cc(=O)n4[nH]c(Cc5ccccc5)nc4n3)c2)cc1. The molecule has 0 aliphatic rings. The van der Waals surface area contributed by atoms with Crippen LogP contribution in [0.2, 0.25) is 0 Å².